The highest BCUT2D eigenvalue weighted by Crippen LogP contribution is 2.40. The van der Waals surface area contributed by atoms with Crippen molar-refractivity contribution >= 4 is 15.8 Å². The van der Waals surface area contributed by atoms with E-state index >= 15 is 0 Å². The van der Waals surface area contributed by atoms with Crippen LogP contribution in [-0.4, -0.2) is 40.7 Å². The van der Waals surface area contributed by atoms with Crippen molar-refractivity contribution in [3.63, 3.8) is 0 Å². The molecule has 0 radical (unpaired) electrons. The third-order valence-electron chi connectivity index (χ3n) is 5.68. The van der Waals surface area contributed by atoms with Crippen molar-refractivity contribution in [3.8, 4) is 11.3 Å². The van der Waals surface area contributed by atoms with E-state index in [1.807, 2.05) is 24.3 Å². The Balaban J connectivity index is 1.83. The summed E-state index contributed by atoms with van der Waals surface area (Å²) in [6, 6.07) is 17.9. The molecule has 0 amide bonds. The van der Waals surface area contributed by atoms with Gasteiger partial charge in [0.1, 0.15) is 4.75 Å². The number of sulfone groups is 1. The van der Waals surface area contributed by atoms with Crippen molar-refractivity contribution in [2.75, 3.05) is 6.26 Å². The highest BCUT2D eigenvalue weighted by molar-refractivity contribution is 7.91. The van der Waals surface area contributed by atoms with E-state index in [9.17, 15) is 18.3 Å². The smallest absolute Gasteiger partial charge is 0.307 e. The summed E-state index contributed by atoms with van der Waals surface area (Å²) in [4.78, 5) is 22.7. The second-order valence-corrected chi connectivity index (χ2v) is 10.2. The van der Waals surface area contributed by atoms with Crippen molar-refractivity contribution in [3.05, 3.63) is 108 Å². The topological polar surface area (TPSA) is 113 Å². The molecular formula is C25H23N3O4S. The van der Waals surface area contributed by atoms with Gasteiger partial charge < -0.3 is 10.1 Å². The number of nitrogens with one attached hydrogen (secondary N) is 1. The van der Waals surface area contributed by atoms with E-state index in [1.54, 1.807) is 61.2 Å². The first-order chi connectivity index (χ1) is 15.8. The van der Waals surface area contributed by atoms with Crippen LogP contribution in [0.3, 0.4) is 0 Å². The molecule has 0 aliphatic heterocycles. The van der Waals surface area contributed by atoms with Gasteiger partial charge in [0.25, 0.3) is 0 Å². The maximum Gasteiger partial charge on any atom is 0.307 e. The van der Waals surface area contributed by atoms with Crippen LogP contribution in [0.1, 0.15) is 22.4 Å². The molecule has 0 saturated carbocycles. The van der Waals surface area contributed by atoms with Crippen molar-refractivity contribution in [1.29, 1.82) is 0 Å². The summed E-state index contributed by atoms with van der Waals surface area (Å²) < 4.78 is 25.4. The number of carbonyl (C=O) groups is 1. The molecule has 2 heterocycles. The van der Waals surface area contributed by atoms with Gasteiger partial charge in [-0.15, -0.1) is 0 Å². The third kappa shape index (κ3) is 4.56. The molecule has 0 fully saturated rings. The zero-order chi connectivity index (χ0) is 23.5. The van der Waals surface area contributed by atoms with Gasteiger partial charge in [-0.05, 0) is 28.8 Å². The van der Waals surface area contributed by atoms with Crippen molar-refractivity contribution in [2.45, 2.75) is 17.6 Å². The lowest BCUT2D eigenvalue weighted by Gasteiger charge is -2.32. The van der Waals surface area contributed by atoms with Crippen LogP contribution in [0.15, 0.2) is 85.5 Å². The fourth-order valence-electron chi connectivity index (χ4n) is 4.12. The Bertz CT molecular complexity index is 1350. The standard InChI is InChI=1S/C25H23N3O4S/c1-33(31,32)25(23-6-3-11-28-23,21-5-2-4-19(14-21)15-24(29)30)16-18-7-9-20(10-8-18)22-17-26-12-13-27-22/h2-14,17,28H,15-16H2,1H3,(H,29,30). The number of aliphatic carboxylic acids is 1. The van der Waals surface area contributed by atoms with Gasteiger partial charge in [0, 0.05) is 42.5 Å². The van der Waals surface area contributed by atoms with Crippen molar-refractivity contribution in [2.24, 2.45) is 0 Å². The zero-order valence-corrected chi connectivity index (χ0v) is 18.8. The van der Waals surface area contributed by atoms with E-state index in [-0.39, 0.29) is 12.8 Å². The highest BCUT2D eigenvalue weighted by Gasteiger charge is 2.45. The summed E-state index contributed by atoms with van der Waals surface area (Å²) in [5, 5.41) is 9.23. The second kappa shape index (κ2) is 8.99. The maximum atomic E-state index is 13.4. The summed E-state index contributed by atoms with van der Waals surface area (Å²) in [6.45, 7) is 0. The summed E-state index contributed by atoms with van der Waals surface area (Å²) in [5.41, 5.74) is 3.99. The molecule has 2 N–H and O–H groups in total. The number of nitrogens with zero attached hydrogens (tertiary/aromatic N) is 2. The number of carboxylic acid groups (broad SMARTS) is 1. The Morgan fingerprint density at radius 1 is 1.03 bits per heavy atom. The van der Waals surface area contributed by atoms with Crippen LogP contribution in [0.25, 0.3) is 11.3 Å². The molecule has 33 heavy (non-hydrogen) atoms. The molecule has 0 bridgehead atoms. The lowest BCUT2D eigenvalue weighted by atomic mass is 9.86. The van der Waals surface area contributed by atoms with E-state index in [0.717, 1.165) is 16.8 Å². The molecule has 1 atom stereocenters. The summed E-state index contributed by atoms with van der Waals surface area (Å²) in [5.74, 6) is -0.975. The summed E-state index contributed by atoms with van der Waals surface area (Å²) in [6.07, 6.45) is 7.77. The van der Waals surface area contributed by atoms with Crippen LogP contribution in [-0.2, 0) is 32.2 Å². The van der Waals surface area contributed by atoms with Crippen molar-refractivity contribution < 1.29 is 18.3 Å². The molecule has 4 aromatic rings. The molecule has 1 unspecified atom stereocenters. The lowest BCUT2D eigenvalue weighted by Crippen LogP contribution is -2.39. The van der Waals surface area contributed by atoms with Gasteiger partial charge in [-0.25, -0.2) is 8.42 Å². The predicted octanol–water partition coefficient (Wildman–Crippen LogP) is 3.63. The summed E-state index contributed by atoms with van der Waals surface area (Å²) in [7, 11) is -3.71. The van der Waals surface area contributed by atoms with Gasteiger partial charge >= 0.3 is 5.97 Å². The fraction of sp³-hybridized carbons (Fsp3) is 0.160. The zero-order valence-electron chi connectivity index (χ0n) is 18.0. The number of rotatable bonds is 8. The van der Waals surface area contributed by atoms with Crippen LogP contribution in [0.2, 0.25) is 0 Å². The molecule has 8 heteroatoms. The van der Waals surface area contributed by atoms with E-state index in [2.05, 4.69) is 15.0 Å². The Morgan fingerprint density at radius 2 is 1.82 bits per heavy atom. The number of aromatic amines is 1. The van der Waals surface area contributed by atoms with Crippen LogP contribution in [0.5, 0.6) is 0 Å². The predicted molar refractivity (Wildman–Crippen MR) is 125 cm³/mol. The van der Waals surface area contributed by atoms with E-state index < -0.39 is 20.6 Å². The first-order valence-electron chi connectivity index (χ1n) is 10.3. The van der Waals surface area contributed by atoms with Gasteiger partial charge in [-0.3, -0.25) is 14.8 Å². The Morgan fingerprint density at radius 3 is 2.42 bits per heavy atom. The highest BCUT2D eigenvalue weighted by atomic mass is 32.2. The number of H-pyrrole nitrogens is 1. The van der Waals surface area contributed by atoms with Crippen LogP contribution in [0.4, 0.5) is 0 Å². The quantitative estimate of drug-likeness (QED) is 0.414. The maximum absolute atomic E-state index is 13.4. The first kappa shape index (κ1) is 22.4. The largest absolute Gasteiger partial charge is 0.481 e. The molecule has 2 aromatic heterocycles. The molecule has 168 valence electrons. The Hall–Kier alpha value is -3.78. The van der Waals surface area contributed by atoms with Crippen molar-refractivity contribution in [1.82, 2.24) is 15.0 Å². The van der Waals surface area contributed by atoms with E-state index in [0.29, 0.717) is 16.8 Å². The minimum absolute atomic E-state index is 0.170. The van der Waals surface area contributed by atoms with Gasteiger partial charge in [-0.2, -0.15) is 0 Å². The monoisotopic (exact) mass is 461 g/mol. The summed E-state index contributed by atoms with van der Waals surface area (Å²) >= 11 is 0. The number of benzene rings is 2. The van der Waals surface area contributed by atoms with Gasteiger partial charge in [0.15, 0.2) is 9.84 Å². The van der Waals surface area contributed by atoms with Crippen LogP contribution >= 0.6 is 0 Å². The minimum Gasteiger partial charge on any atom is -0.481 e. The molecule has 4 rings (SSSR count). The lowest BCUT2D eigenvalue weighted by molar-refractivity contribution is -0.136. The fourth-order valence-corrected chi connectivity index (χ4v) is 5.63. The second-order valence-electron chi connectivity index (χ2n) is 7.92. The number of aromatic nitrogens is 3. The molecule has 0 spiro atoms. The normalized spacial score (nSPS) is 13.4. The van der Waals surface area contributed by atoms with Gasteiger partial charge in [0.2, 0.25) is 0 Å². The Kier molecular flexibility index (Phi) is 6.11. The van der Waals surface area contributed by atoms with Gasteiger partial charge in [-0.1, -0.05) is 48.5 Å². The minimum atomic E-state index is -3.71. The third-order valence-corrected chi connectivity index (χ3v) is 7.55. The van der Waals surface area contributed by atoms with E-state index in [4.69, 9.17) is 0 Å². The average Bonchev–Trinajstić information content (AvgIpc) is 3.32. The van der Waals surface area contributed by atoms with Gasteiger partial charge in [0.05, 0.1) is 18.3 Å². The molecule has 2 aromatic carbocycles. The number of hydrogen-bond donors (Lipinski definition) is 2. The number of carboxylic acids is 1. The number of hydrogen-bond acceptors (Lipinski definition) is 5. The van der Waals surface area contributed by atoms with Crippen LogP contribution in [0, 0.1) is 0 Å². The average molecular weight is 462 g/mol. The SMILES string of the molecule is CS(=O)(=O)C(Cc1ccc(-c2cnccn2)cc1)(c1cccc(CC(=O)O)c1)c1ccc[nH]1. The molecular weight excluding hydrogens is 438 g/mol. The van der Waals surface area contributed by atoms with E-state index in [1.165, 1.54) is 6.26 Å². The Labute approximate surface area is 192 Å². The van der Waals surface area contributed by atoms with Crippen LogP contribution < -0.4 is 0 Å². The molecule has 0 aliphatic rings. The molecule has 0 aliphatic carbocycles. The first-order valence-corrected chi connectivity index (χ1v) is 12.2. The molecule has 7 nitrogen and oxygen atoms in total. The molecule has 0 saturated heterocycles.